The van der Waals surface area contributed by atoms with Crippen LogP contribution in [-0.4, -0.2) is 15.8 Å². The third-order valence-corrected chi connectivity index (χ3v) is 2.66. The Balaban J connectivity index is 2.30. The Bertz CT molecular complexity index is 161. The van der Waals surface area contributed by atoms with Gasteiger partial charge >= 0.3 is 7.75 Å². The molecule has 4 nitrogen and oxygen atoms in total. The van der Waals surface area contributed by atoms with E-state index in [1.165, 1.54) is 6.42 Å². The minimum absolute atomic E-state index is 0.0320. The fourth-order valence-corrected chi connectivity index (χ4v) is 2.20. The first-order valence-electron chi connectivity index (χ1n) is 3.91. The average Bonchev–Trinajstić information content (AvgIpc) is 1.85. The van der Waals surface area contributed by atoms with Crippen LogP contribution in [0.2, 0.25) is 0 Å². The van der Waals surface area contributed by atoms with Crippen LogP contribution in [0.1, 0.15) is 32.1 Å². The summed E-state index contributed by atoms with van der Waals surface area (Å²) in [6, 6.07) is 0.0320. The van der Waals surface area contributed by atoms with E-state index in [4.69, 9.17) is 9.79 Å². The van der Waals surface area contributed by atoms with Crippen molar-refractivity contribution in [2.45, 2.75) is 38.1 Å². The fourth-order valence-electron chi connectivity index (χ4n) is 1.47. The summed E-state index contributed by atoms with van der Waals surface area (Å²) in [6.45, 7) is 0. The van der Waals surface area contributed by atoms with Gasteiger partial charge in [-0.1, -0.05) is 19.3 Å². The quantitative estimate of drug-likeness (QED) is 0.553. The molecule has 11 heavy (non-hydrogen) atoms. The van der Waals surface area contributed by atoms with Crippen molar-refractivity contribution in [1.82, 2.24) is 5.09 Å². The van der Waals surface area contributed by atoms with E-state index in [0.29, 0.717) is 0 Å². The topological polar surface area (TPSA) is 69.6 Å². The SMILES string of the molecule is O=P(O)(O)NC1CCCCC1. The number of rotatable bonds is 2. The molecule has 1 fully saturated rings. The molecule has 0 bridgehead atoms. The second-order valence-corrected chi connectivity index (χ2v) is 4.35. The van der Waals surface area contributed by atoms with Gasteiger partial charge in [0.15, 0.2) is 0 Å². The van der Waals surface area contributed by atoms with E-state index in [0.717, 1.165) is 25.7 Å². The molecule has 0 saturated heterocycles. The van der Waals surface area contributed by atoms with Gasteiger partial charge in [0.2, 0.25) is 0 Å². The molecule has 0 aliphatic heterocycles. The molecule has 5 heteroatoms. The predicted octanol–water partition coefficient (Wildman–Crippen LogP) is 1.00. The van der Waals surface area contributed by atoms with Gasteiger partial charge in [-0.25, -0.2) is 9.65 Å². The van der Waals surface area contributed by atoms with Crippen LogP contribution in [0.4, 0.5) is 0 Å². The average molecular weight is 179 g/mol. The molecule has 3 N–H and O–H groups in total. The zero-order chi connectivity index (χ0) is 8.32. The van der Waals surface area contributed by atoms with Crippen molar-refractivity contribution in [2.24, 2.45) is 0 Å². The van der Waals surface area contributed by atoms with Crippen LogP contribution in [-0.2, 0) is 4.57 Å². The third-order valence-electron chi connectivity index (χ3n) is 1.96. The molecule has 0 spiro atoms. The molecular weight excluding hydrogens is 165 g/mol. The molecule has 1 rings (SSSR count). The standard InChI is InChI=1S/C6H14NO3P/c8-11(9,10)7-6-4-2-1-3-5-6/h6H,1-5H2,(H3,7,8,9,10). The van der Waals surface area contributed by atoms with E-state index in [9.17, 15) is 4.57 Å². The smallest absolute Gasteiger partial charge is 0.313 e. The van der Waals surface area contributed by atoms with E-state index >= 15 is 0 Å². The maximum absolute atomic E-state index is 10.5. The maximum Gasteiger partial charge on any atom is 0.400 e. The molecule has 0 heterocycles. The Morgan fingerprint density at radius 1 is 1.18 bits per heavy atom. The van der Waals surface area contributed by atoms with Crippen molar-refractivity contribution in [2.75, 3.05) is 0 Å². The molecule has 0 radical (unpaired) electrons. The lowest BCUT2D eigenvalue weighted by molar-refractivity contribution is 0.325. The van der Waals surface area contributed by atoms with Gasteiger partial charge in [0.05, 0.1) is 0 Å². The van der Waals surface area contributed by atoms with Gasteiger partial charge in [0, 0.05) is 6.04 Å². The van der Waals surface area contributed by atoms with Crippen LogP contribution < -0.4 is 5.09 Å². The Morgan fingerprint density at radius 3 is 2.18 bits per heavy atom. The van der Waals surface area contributed by atoms with E-state index in [-0.39, 0.29) is 6.04 Å². The van der Waals surface area contributed by atoms with Crippen LogP contribution in [0, 0.1) is 0 Å². The first-order chi connectivity index (χ1) is 5.08. The summed E-state index contributed by atoms with van der Waals surface area (Å²) < 4.78 is 10.5. The minimum atomic E-state index is -3.98. The third kappa shape index (κ3) is 3.87. The number of hydrogen-bond acceptors (Lipinski definition) is 1. The zero-order valence-electron chi connectivity index (χ0n) is 6.36. The highest BCUT2D eigenvalue weighted by molar-refractivity contribution is 7.49. The highest BCUT2D eigenvalue weighted by atomic mass is 31.2. The summed E-state index contributed by atoms with van der Waals surface area (Å²) in [4.78, 5) is 17.1. The van der Waals surface area contributed by atoms with E-state index < -0.39 is 7.75 Å². The molecule has 0 aromatic rings. The molecule has 0 atom stereocenters. The lowest BCUT2D eigenvalue weighted by Gasteiger charge is -2.22. The molecule has 1 aliphatic rings. The minimum Gasteiger partial charge on any atom is -0.313 e. The van der Waals surface area contributed by atoms with Crippen molar-refractivity contribution in [1.29, 1.82) is 0 Å². The van der Waals surface area contributed by atoms with Crippen LogP contribution >= 0.6 is 7.75 Å². The molecule has 1 aliphatic carbocycles. The first kappa shape index (κ1) is 9.20. The molecule has 0 unspecified atom stereocenters. The second-order valence-electron chi connectivity index (χ2n) is 3.01. The largest absolute Gasteiger partial charge is 0.400 e. The Labute approximate surface area is 66.2 Å². The maximum atomic E-state index is 10.5. The van der Waals surface area contributed by atoms with Crippen LogP contribution in [0.3, 0.4) is 0 Å². The van der Waals surface area contributed by atoms with Gasteiger partial charge in [-0.2, -0.15) is 0 Å². The summed E-state index contributed by atoms with van der Waals surface area (Å²) in [5.74, 6) is 0. The molecule has 0 aromatic heterocycles. The van der Waals surface area contributed by atoms with E-state index in [1.807, 2.05) is 0 Å². The van der Waals surface area contributed by atoms with Crippen molar-refractivity contribution in [3.8, 4) is 0 Å². The fraction of sp³-hybridized carbons (Fsp3) is 1.00. The molecule has 0 aromatic carbocycles. The van der Waals surface area contributed by atoms with E-state index in [2.05, 4.69) is 5.09 Å². The lowest BCUT2D eigenvalue weighted by atomic mass is 9.96. The van der Waals surface area contributed by atoms with Crippen LogP contribution in [0.25, 0.3) is 0 Å². The van der Waals surface area contributed by atoms with Gasteiger partial charge in [0.25, 0.3) is 0 Å². The van der Waals surface area contributed by atoms with Gasteiger partial charge in [0.1, 0.15) is 0 Å². The number of hydrogen-bond donors (Lipinski definition) is 3. The summed E-state index contributed by atoms with van der Waals surface area (Å²) in [7, 11) is -3.98. The van der Waals surface area contributed by atoms with Crippen molar-refractivity contribution in [3.05, 3.63) is 0 Å². The van der Waals surface area contributed by atoms with Crippen molar-refractivity contribution in [3.63, 3.8) is 0 Å². The first-order valence-corrected chi connectivity index (χ1v) is 5.52. The highest BCUT2D eigenvalue weighted by Gasteiger charge is 2.21. The summed E-state index contributed by atoms with van der Waals surface area (Å²) in [5.41, 5.74) is 0. The summed E-state index contributed by atoms with van der Waals surface area (Å²) in [5, 5.41) is 2.32. The Hall–Kier alpha value is 0.110. The second kappa shape index (κ2) is 3.68. The van der Waals surface area contributed by atoms with Gasteiger partial charge in [-0.05, 0) is 12.8 Å². The summed E-state index contributed by atoms with van der Waals surface area (Å²) >= 11 is 0. The monoisotopic (exact) mass is 179 g/mol. The molecule has 66 valence electrons. The van der Waals surface area contributed by atoms with Crippen LogP contribution in [0.15, 0.2) is 0 Å². The van der Waals surface area contributed by atoms with Crippen LogP contribution in [0.5, 0.6) is 0 Å². The molecule has 0 amide bonds. The zero-order valence-corrected chi connectivity index (χ0v) is 7.26. The predicted molar refractivity (Wildman–Crippen MR) is 42.1 cm³/mol. The Morgan fingerprint density at radius 2 is 1.73 bits per heavy atom. The van der Waals surface area contributed by atoms with Gasteiger partial charge < -0.3 is 9.79 Å². The number of nitrogens with one attached hydrogen (secondary N) is 1. The normalized spacial score (nSPS) is 22.0. The van der Waals surface area contributed by atoms with E-state index in [1.54, 1.807) is 0 Å². The van der Waals surface area contributed by atoms with Gasteiger partial charge in [-0.3, -0.25) is 0 Å². The molecule has 1 saturated carbocycles. The lowest BCUT2D eigenvalue weighted by Crippen LogP contribution is -2.28. The van der Waals surface area contributed by atoms with Crippen molar-refractivity contribution >= 4 is 7.75 Å². The summed E-state index contributed by atoms with van der Waals surface area (Å²) in [6.07, 6.45) is 5.14. The highest BCUT2D eigenvalue weighted by Crippen LogP contribution is 2.32. The van der Waals surface area contributed by atoms with Gasteiger partial charge in [-0.15, -0.1) is 0 Å². The molecular formula is C6H14NO3P. The Kier molecular flexibility index (Phi) is 3.07. The van der Waals surface area contributed by atoms with Crippen molar-refractivity contribution < 1.29 is 14.4 Å².